The average Bonchev–Trinajstić information content (AvgIpc) is 3.50. The van der Waals surface area contributed by atoms with Gasteiger partial charge in [-0.25, -0.2) is 4.68 Å². The SMILES string of the molecule is CCc1noc(CSc2nnc(-c3nn(Cc4ccccc4)c(=O)c4ccccc34)o2)n1. The minimum atomic E-state index is -0.176. The fraction of sp³-hybridized carbons (Fsp3) is 0.182. The molecule has 160 valence electrons. The minimum absolute atomic E-state index is 0.176. The maximum atomic E-state index is 13.0. The van der Waals surface area contributed by atoms with Gasteiger partial charge in [0.25, 0.3) is 16.7 Å². The molecule has 0 aliphatic rings. The Balaban J connectivity index is 1.48. The Kier molecular flexibility index (Phi) is 5.51. The summed E-state index contributed by atoms with van der Waals surface area (Å²) < 4.78 is 12.5. The van der Waals surface area contributed by atoms with Crippen molar-refractivity contribution in [2.24, 2.45) is 0 Å². The fourth-order valence-corrected chi connectivity index (χ4v) is 3.84. The lowest BCUT2D eigenvalue weighted by Gasteiger charge is -2.09. The molecule has 0 saturated heterocycles. The van der Waals surface area contributed by atoms with Crippen molar-refractivity contribution >= 4 is 22.5 Å². The predicted octanol–water partition coefficient (Wildman–Crippen LogP) is 3.73. The molecule has 0 radical (unpaired) electrons. The molecule has 0 fully saturated rings. The molecule has 5 aromatic rings. The highest BCUT2D eigenvalue weighted by molar-refractivity contribution is 7.98. The highest BCUT2D eigenvalue weighted by Crippen LogP contribution is 2.28. The Morgan fingerprint density at radius 2 is 1.78 bits per heavy atom. The number of thioether (sulfide) groups is 1. The molecule has 32 heavy (non-hydrogen) atoms. The number of hydrogen-bond acceptors (Lipinski definition) is 9. The average molecular weight is 446 g/mol. The minimum Gasteiger partial charge on any atom is -0.409 e. The summed E-state index contributed by atoms with van der Waals surface area (Å²) in [5.74, 6) is 1.80. The van der Waals surface area contributed by atoms with Crippen molar-refractivity contribution in [1.82, 2.24) is 30.1 Å². The van der Waals surface area contributed by atoms with Crippen LogP contribution in [0.1, 0.15) is 24.2 Å². The third-order valence-corrected chi connectivity index (χ3v) is 5.60. The molecule has 0 bridgehead atoms. The van der Waals surface area contributed by atoms with Crippen molar-refractivity contribution < 1.29 is 8.94 Å². The summed E-state index contributed by atoms with van der Waals surface area (Å²) >= 11 is 1.30. The Labute approximate surface area is 186 Å². The summed E-state index contributed by atoms with van der Waals surface area (Å²) in [6, 6.07) is 17.0. The van der Waals surface area contributed by atoms with Crippen LogP contribution in [0.3, 0.4) is 0 Å². The van der Waals surface area contributed by atoms with Crippen molar-refractivity contribution in [3.05, 3.63) is 82.2 Å². The molecular weight excluding hydrogens is 428 g/mol. The third kappa shape index (κ3) is 4.04. The van der Waals surface area contributed by atoms with Crippen LogP contribution in [0.2, 0.25) is 0 Å². The Morgan fingerprint density at radius 3 is 2.56 bits per heavy atom. The monoisotopic (exact) mass is 446 g/mol. The van der Waals surface area contributed by atoms with E-state index >= 15 is 0 Å². The standard InChI is InChI=1S/C22H18N6O3S/c1-2-17-23-18(31-27-17)13-32-22-25-24-20(30-22)19-15-10-6-7-11-16(15)21(29)28(26-19)12-14-8-4-3-5-9-14/h3-11H,2,12-13H2,1H3. The van der Waals surface area contributed by atoms with Crippen LogP contribution in [0.15, 0.2) is 73.6 Å². The molecule has 0 aliphatic heterocycles. The van der Waals surface area contributed by atoms with Crippen LogP contribution in [0.5, 0.6) is 0 Å². The van der Waals surface area contributed by atoms with E-state index in [1.54, 1.807) is 6.07 Å². The Morgan fingerprint density at radius 1 is 1.00 bits per heavy atom. The zero-order chi connectivity index (χ0) is 21.9. The van der Waals surface area contributed by atoms with Crippen LogP contribution in [0.25, 0.3) is 22.4 Å². The molecule has 9 nitrogen and oxygen atoms in total. The lowest BCUT2D eigenvalue weighted by Crippen LogP contribution is -2.24. The molecule has 10 heteroatoms. The van der Waals surface area contributed by atoms with Gasteiger partial charge in [0.15, 0.2) is 11.5 Å². The van der Waals surface area contributed by atoms with Crippen LogP contribution in [-0.4, -0.2) is 30.1 Å². The highest BCUT2D eigenvalue weighted by atomic mass is 32.2. The van der Waals surface area contributed by atoms with E-state index in [0.29, 0.717) is 52.1 Å². The molecule has 0 saturated carbocycles. The van der Waals surface area contributed by atoms with E-state index in [4.69, 9.17) is 8.94 Å². The van der Waals surface area contributed by atoms with Gasteiger partial charge in [-0.3, -0.25) is 4.79 Å². The zero-order valence-electron chi connectivity index (χ0n) is 17.1. The van der Waals surface area contributed by atoms with Gasteiger partial charge in [0.1, 0.15) is 0 Å². The topological polar surface area (TPSA) is 113 Å². The summed E-state index contributed by atoms with van der Waals surface area (Å²) in [5.41, 5.74) is 1.25. The van der Waals surface area contributed by atoms with E-state index in [2.05, 4.69) is 25.4 Å². The van der Waals surface area contributed by atoms with Crippen molar-refractivity contribution in [2.75, 3.05) is 0 Å². The summed E-state index contributed by atoms with van der Waals surface area (Å²) in [7, 11) is 0. The molecule has 2 aromatic carbocycles. The summed E-state index contributed by atoms with van der Waals surface area (Å²) in [4.78, 5) is 17.3. The molecule has 3 heterocycles. The van der Waals surface area contributed by atoms with Crippen LogP contribution < -0.4 is 5.56 Å². The third-order valence-electron chi connectivity index (χ3n) is 4.80. The van der Waals surface area contributed by atoms with E-state index in [-0.39, 0.29) is 11.4 Å². The van der Waals surface area contributed by atoms with Gasteiger partial charge in [-0.1, -0.05) is 72.4 Å². The first-order valence-electron chi connectivity index (χ1n) is 10.0. The van der Waals surface area contributed by atoms with E-state index in [1.807, 2.05) is 55.5 Å². The van der Waals surface area contributed by atoms with Crippen LogP contribution in [0.4, 0.5) is 0 Å². The van der Waals surface area contributed by atoms with Crippen LogP contribution >= 0.6 is 11.8 Å². The van der Waals surface area contributed by atoms with Crippen molar-refractivity contribution in [3.63, 3.8) is 0 Å². The second-order valence-electron chi connectivity index (χ2n) is 6.96. The van der Waals surface area contributed by atoms with Crippen molar-refractivity contribution in [2.45, 2.75) is 30.9 Å². The molecule has 0 unspecified atom stereocenters. The van der Waals surface area contributed by atoms with Gasteiger partial charge in [-0.05, 0) is 11.6 Å². The second-order valence-corrected chi connectivity index (χ2v) is 7.89. The van der Waals surface area contributed by atoms with Gasteiger partial charge in [0, 0.05) is 11.8 Å². The second kappa shape index (κ2) is 8.75. The van der Waals surface area contributed by atoms with Crippen LogP contribution in [0, 0.1) is 0 Å². The van der Waals surface area contributed by atoms with Gasteiger partial charge in [0.2, 0.25) is 5.89 Å². The lowest BCUT2D eigenvalue weighted by molar-refractivity contribution is 0.384. The van der Waals surface area contributed by atoms with Gasteiger partial charge >= 0.3 is 0 Å². The maximum absolute atomic E-state index is 13.0. The molecule has 3 aromatic heterocycles. The molecule has 0 atom stereocenters. The summed E-state index contributed by atoms with van der Waals surface area (Å²) in [6.45, 7) is 2.30. The lowest BCUT2D eigenvalue weighted by atomic mass is 10.1. The Hall–Kier alpha value is -3.79. The quantitative estimate of drug-likeness (QED) is 0.345. The first-order valence-corrected chi connectivity index (χ1v) is 11.0. The predicted molar refractivity (Wildman–Crippen MR) is 118 cm³/mol. The first-order chi connectivity index (χ1) is 15.7. The molecule has 0 N–H and O–H groups in total. The molecule has 0 spiro atoms. The van der Waals surface area contributed by atoms with E-state index in [9.17, 15) is 4.79 Å². The van der Waals surface area contributed by atoms with Gasteiger partial charge in [-0.15, -0.1) is 10.2 Å². The number of hydrogen-bond donors (Lipinski definition) is 0. The van der Waals surface area contributed by atoms with Gasteiger partial charge < -0.3 is 8.94 Å². The molecule has 0 aliphatic carbocycles. The number of benzene rings is 2. The summed E-state index contributed by atoms with van der Waals surface area (Å²) in [6.07, 6.45) is 0.705. The Bertz CT molecular complexity index is 1430. The summed E-state index contributed by atoms with van der Waals surface area (Å²) in [5, 5.41) is 18.3. The number of aryl methyl sites for hydroxylation is 1. The normalized spacial score (nSPS) is 11.3. The maximum Gasteiger partial charge on any atom is 0.277 e. The highest BCUT2D eigenvalue weighted by Gasteiger charge is 2.18. The number of nitrogens with zero attached hydrogens (tertiary/aromatic N) is 6. The first kappa shape index (κ1) is 20.1. The van der Waals surface area contributed by atoms with Gasteiger partial charge in [-0.2, -0.15) is 10.1 Å². The van der Waals surface area contributed by atoms with Crippen molar-refractivity contribution in [1.29, 1.82) is 0 Å². The fourth-order valence-electron chi connectivity index (χ4n) is 3.24. The van der Waals surface area contributed by atoms with E-state index < -0.39 is 0 Å². The molecule has 0 amide bonds. The molecule has 5 rings (SSSR count). The van der Waals surface area contributed by atoms with Crippen LogP contribution in [-0.2, 0) is 18.7 Å². The van der Waals surface area contributed by atoms with Crippen molar-refractivity contribution in [3.8, 4) is 11.6 Å². The molecular formula is C22H18N6O3S. The number of rotatable bonds is 7. The zero-order valence-corrected chi connectivity index (χ0v) is 18.0. The van der Waals surface area contributed by atoms with Gasteiger partial charge in [0.05, 0.1) is 17.7 Å². The number of fused-ring (bicyclic) bond motifs is 1. The van der Waals surface area contributed by atoms with E-state index in [1.165, 1.54) is 16.4 Å². The largest absolute Gasteiger partial charge is 0.409 e. The number of aromatic nitrogens is 6. The smallest absolute Gasteiger partial charge is 0.277 e. The van der Waals surface area contributed by atoms with E-state index in [0.717, 1.165) is 5.56 Å².